The minimum atomic E-state index is -4.29. The van der Waals surface area contributed by atoms with Gasteiger partial charge in [0, 0.05) is 0 Å². The standard InChI is InChI=1S/C15H10F3N2.Pb/c16-15(17,18)11-7-5-10(6-8-11)9-14-12-3-1-2-4-13(12)19-20-14;/h1-8H,9H2;/q-1;+1. The molecule has 21 heavy (non-hydrogen) atoms. The van der Waals surface area contributed by atoms with Crippen molar-refractivity contribution >= 4 is 37.0 Å². The van der Waals surface area contributed by atoms with Crippen LogP contribution in [0, 0.1) is 0 Å². The Hall–Kier alpha value is -1.38. The molecule has 0 saturated heterocycles. The van der Waals surface area contributed by atoms with Gasteiger partial charge in [-0.05, 0) is 0 Å². The Bertz CT molecular complexity index is 776. The molecule has 0 aliphatic rings. The second kappa shape index (κ2) is 5.43. The van der Waals surface area contributed by atoms with Crippen LogP contribution >= 0.6 is 0 Å². The van der Waals surface area contributed by atoms with Crippen molar-refractivity contribution in [3.8, 4) is 0 Å². The first-order valence-electron chi connectivity index (χ1n) is 6.29. The van der Waals surface area contributed by atoms with Crippen molar-refractivity contribution in [2.24, 2.45) is 0 Å². The van der Waals surface area contributed by atoms with E-state index in [9.17, 15) is 13.2 Å². The average molecular weight is 482 g/mol. The van der Waals surface area contributed by atoms with Crippen LogP contribution in [0.5, 0.6) is 0 Å². The van der Waals surface area contributed by atoms with Crippen molar-refractivity contribution in [3.05, 3.63) is 65.4 Å². The van der Waals surface area contributed by atoms with Crippen molar-refractivity contribution < 1.29 is 13.2 Å². The summed E-state index contributed by atoms with van der Waals surface area (Å²) < 4.78 is 39.6. The fourth-order valence-electron chi connectivity index (χ4n) is 2.26. The topological polar surface area (TPSA) is 17.8 Å². The van der Waals surface area contributed by atoms with Gasteiger partial charge in [0.15, 0.2) is 0 Å². The molecular weight excluding hydrogens is 472 g/mol. The van der Waals surface area contributed by atoms with Crippen LogP contribution in [0.15, 0.2) is 48.5 Å². The van der Waals surface area contributed by atoms with Crippen LogP contribution in [-0.2, 0) is 12.6 Å². The summed E-state index contributed by atoms with van der Waals surface area (Å²) >= 11 is 0.741. The Morgan fingerprint density at radius 2 is 1.67 bits per heavy atom. The molecule has 2 nitrogen and oxygen atoms in total. The van der Waals surface area contributed by atoms with Crippen molar-refractivity contribution in [3.63, 3.8) is 0 Å². The second-order valence-electron chi connectivity index (χ2n) is 4.75. The van der Waals surface area contributed by atoms with E-state index in [1.54, 1.807) is 0 Å². The molecule has 0 fully saturated rings. The molecule has 0 unspecified atom stereocenters. The van der Waals surface area contributed by atoms with Gasteiger partial charge in [0.2, 0.25) is 0 Å². The van der Waals surface area contributed by atoms with E-state index in [0.29, 0.717) is 6.42 Å². The molecule has 0 aliphatic heterocycles. The Labute approximate surface area is 135 Å². The number of hydrogen-bond acceptors (Lipinski definition) is 1. The number of fused-ring (bicyclic) bond motifs is 1. The molecule has 3 rings (SSSR count). The molecule has 0 aliphatic carbocycles. The quantitative estimate of drug-likeness (QED) is 0.511. The normalized spacial score (nSPS) is 12.0. The summed E-state index contributed by atoms with van der Waals surface area (Å²) in [4.78, 5) is 0. The summed E-state index contributed by atoms with van der Waals surface area (Å²) in [6.45, 7) is 0. The minimum absolute atomic E-state index is 0.585. The fourth-order valence-corrected chi connectivity index (χ4v) is 3.46. The molecular formula is C15H10F3N2Pb. The number of alkyl halides is 3. The van der Waals surface area contributed by atoms with Gasteiger partial charge in [-0.25, -0.2) is 0 Å². The number of aromatic nitrogens is 2. The van der Waals surface area contributed by atoms with Gasteiger partial charge >= 0.3 is 136 Å². The Morgan fingerprint density at radius 1 is 1.00 bits per heavy atom. The fraction of sp³-hybridized carbons (Fsp3) is 0.133. The first-order valence-corrected chi connectivity index (χ1v) is 8.03. The van der Waals surface area contributed by atoms with Gasteiger partial charge in [-0.3, -0.25) is 0 Å². The van der Waals surface area contributed by atoms with Gasteiger partial charge in [0.05, 0.1) is 0 Å². The Morgan fingerprint density at radius 3 is 2.33 bits per heavy atom. The molecule has 0 N–H and O–H groups in total. The molecule has 0 spiro atoms. The predicted molar refractivity (Wildman–Crippen MR) is 75.1 cm³/mol. The molecule has 1 heterocycles. The zero-order valence-corrected chi connectivity index (χ0v) is 14.7. The van der Waals surface area contributed by atoms with Crippen LogP contribution in [0.3, 0.4) is 0 Å². The van der Waals surface area contributed by atoms with Gasteiger partial charge in [0.1, 0.15) is 0 Å². The number of hydrogen-bond donors (Lipinski definition) is 0. The van der Waals surface area contributed by atoms with E-state index >= 15 is 0 Å². The third-order valence-corrected chi connectivity index (χ3v) is 4.77. The van der Waals surface area contributed by atoms with Crippen LogP contribution in [0.25, 0.3) is 10.9 Å². The molecule has 3 radical (unpaired) electrons. The zero-order valence-electron chi connectivity index (χ0n) is 10.9. The second-order valence-corrected chi connectivity index (χ2v) is 6.39. The monoisotopic (exact) mass is 483 g/mol. The molecule has 0 bridgehead atoms. The van der Waals surface area contributed by atoms with Crippen LogP contribution in [0.2, 0.25) is 0 Å². The third-order valence-electron chi connectivity index (χ3n) is 3.33. The first-order chi connectivity index (χ1) is 9.95. The molecule has 0 saturated carbocycles. The molecule has 0 atom stereocenters. The van der Waals surface area contributed by atoms with Gasteiger partial charge < -0.3 is 0 Å². The van der Waals surface area contributed by atoms with Gasteiger partial charge in [0.25, 0.3) is 0 Å². The molecule has 105 valence electrons. The first kappa shape index (κ1) is 14.6. The molecule has 2 aromatic carbocycles. The van der Waals surface area contributed by atoms with Gasteiger partial charge in [-0.15, -0.1) is 0 Å². The van der Waals surface area contributed by atoms with E-state index in [2.05, 4.69) is 5.10 Å². The number of halogens is 3. The predicted octanol–water partition coefficient (Wildman–Crippen LogP) is 3.58. The van der Waals surface area contributed by atoms with Crippen molar-refractivity contribution in [1.82, 2.24) is 7.59 Å². The molecule has 0 amide bonds. The summed E-state index contributed by atoms with van der Waals surface area (Å²) in [6, 6.07) is 13.1. The summed E-state index contributed by atoms with van der Waals surface area (Å²) in [5, 5.41) is 5.53. The van der Waals surface area contributed by atoms with E-state index in [0.717, 1.165) is 60.4 Å². The zero-order chi connectivity index (χ0) is 15.0. The summed E-state index contributed by atoms with van der Waals surface area (Å²) in [5.74, 6) is 0. The maximum atomic E-state index is 12.6. The summed E-state index contributed by atoms with van der Waals surface area (Å²) in [6.07, 6.45) is -3.70. The average Bonchev–Trinajstić information content (AvgIpc) is 2.75. The number of benzene rings is 2. The number of nitrogens with zero attached hydrogens (tertiary/aromatic N) is 2. The SMILES string of the molecule is FC(F)(F)c1ccc(Cc2c3ccccc3n[n]2[Pb])cc1. The van der Waals surface area contributed by atoms with E-state index in [-0.39, 0.29) is 0 Å². The van der Waals surface area contributed by atoms with Crippen LogP contribution < -0.4 is 0 Å². The third kappa shape index (κ3) is 2.97. The summed E-state index contributed by atoms with van der Waals surface area (Å²) in [5.41, 5.74) is 2.22. The van der Waals surface area contributed by atoms with Gasteiger partial charge in [-0.2, -0.15) is 0 Å². The van der Waals surface area contributed by atoms with Crippen molar-refractivity contribution in [1.29, 1.82) is 0 Å². The Kier molecular flexibility index (Phi) is 3.77. The van der Waals surface area contributed by atoms with Crippen LogP contribution in [0.4, 0.5) is 13.2 Å². The van der Waals surface area contributed by atoms with Crippen molar-refractivity contribution in [2.75, 3.05) is 0 Å². The van der Waals surface area contributed by atoms with E-state index in [1.807, 2.05) is 26.8 Å². The van der Waals surface area contributed by atoms with E-state index in [4.69, 9.17) is 0 Å². The Balaban J connectivity index is 1.94. The van der Waals surface area contributed by atoms with E-state index in [1.165, 1.54) is 12.1 Å². The molecule has 1 aromatic heterocycles. The van der Waals surface area contributed by atoms with Crippen LogP contribution in [-0.4, -0.2) is 33.7 Å². The van der Waals surface area contributed by atoms with Crippen LogP contribution in [0.1, 0.15) is 16.8 Å². The van der Waals surface area contributed by atoms with Gasteiger partial charge in [-0.1, -0.05) is 0 Å². The molecule has 6 heteroatoms. The van der Waals surface area contributed by atoms with Crippen molar-refractivity contribution in [2.45, 2.75) is 12.6 Å². The number of rotatable bonds is 2. The maximum absolute atomic E-state index is 12.6. The van der Waals surface area contributed by atoms with E-state index < -0.39 is 11.7 Å². The molecule has 3 aromatic rings. The summed E-state index contributed by atoms with van der Waals surface area (Å²) in [7, 11) is 0.